The predicted octanol–water partition coefficient (Wildman–Crippen LogP) is 3.41. The molecule has 16 heavy (non-hydrogen) atoms. The van der Waals surface area contributed by atoms with Crippen molar-refractivity contribution in [3.8, 4) is 0 Å². The lowest BCUT2D eigenvalue weighted by atomic mass is 10.2. The minimum atomic E-state index is 0.295. The van der Waals surface area contributed by atoms with Crippen molar-refractivity contribution in [2.24, 2.45) is 0 Å². The van der Waals surface area contributed by atoms with E-state index >= 15 is 0 Å². The van der Waals surface area contributed by atoms with Crippen LogP contribution in [0.15, 0.2) is 30.3 Å². The molecule has 0 aliphatic carbocycles. The highest BCUT2D eigenvalue weighted by molar-refractivity contribution is 5.13. The summed E-state index contributed by atoms with van der Waals surface area (Å²) in [5.74, 6) is 0. The maximum atomic E-state index is 5.74. The molecular formula is C14H22O2. The van der Waals surface area contributed by atoms with Crippen molar-refractivity contribution in [1.29, 1.82) is 0 Å². The average molecular weight is 222 g/mol. The highest BCUT2D eigenvalue weighted by atomic mass is 16.5. The van der Waals surface area contributed by atoms with Crippen LogP contribution in [0.5, 0.6) is 0 Å². The molecule has 0 aromatic heterocycles. The first kappa shape index (κ1) is 13.2. The van der Waals surface area contributed by atoms with Crippen molar-refractivity contribution in [1.82, 2.24) is 0 Å². The zero-order valence-electron chi connectivity index (χ0n) is 10.3. The summed E-state index contributed by atoms with van der Waals surface area (Å²) in [6, 6.07) is 10.3. The van der Waals surface area contributed by atoms with Gasteiger partial charge in [-0.15, -0.1) is 0 Å². The van der Waals surface area contributed by atoms with Crippen molar-refractivity contribution in [2.45, 2.75) is 39.4 Å². The molecule has 0 saturated carbocycles. The standard InChI is InChI=1S/C12H16O2.C2H6/c1-2-5-11(6-3-1)9-14-12-7-4-8-13-10-12;1-2/h1-3,5-6,12H,4,7-10H2;1-2H3. The van der Waals surface area contributed by atoms with E-state index in [1.807, 2.05) is 32.0 Å². The Labute approximate surface area is 98.6 Å². The lowest BCUT2D eigenvalue weighted by Gasteiger charge is -2.22. The van der Waals surface area contributed by atoms with Crippen LogP contribution in [-0.2, 0) is 16.1 Å². The van der Waals surface area contributed by atoms with E-state index in [0.717, 1.165) is 26.1 Å². The van der Waals surface area contributed by atoms with Gasteiger partial charge in [-0.05, 0) is 18.4 Å². The molecule has 2 heteroatoms. The Hall–Kier alpha value is -0.860. The van der Waals surface area contributed by atoms with Crippen molar-refractivity contribution in [2.75, 3.05) is 13.2 Å². The van der Waals surface area contributed by atoms with Gasteiger partial charge in [-0.3, -0.25) is 0 Å². The molecule has 0 bridgehead atoms. The molecule has 1 heterocycles. The third-order valence-electron chi connectivity index (χ3n) is 2.45. The molecule has 1 fully saturated rings. The molecule has 1 aliphatic rings. The second kappa shape index (κ2) is 8.31. The van der Waals surface area contributed by atoms with Gasteiger partial charge in [0.05, 0.1) is 19.3 Å². The first-order chi connectivity index (χ1) is 7.95. The molecule has 0 amide bonds. The summed E-state index contributed by atoms with van der Waals surface area (Å²) in [6.07, 6.45) is 2.55. The Morgan fingerprint density at radius 2 is 2.00 bits per heavy atom. The SMILES string of the molecule is CC.c1ccc(COC2CCCOC2)cc1. The largest absolute Gasteiger partial charge is 0.379 e. The molecule has 2 nitrogen and oxygen atoms in total. The topological polar surface area (TPSA) is 18.5 Å². The third kappa shape index (κ3) is 4.77. The van der Waals surface area contributed by atoms with E-state index in [-0.39, 0.29) is 0 Å². The Balaban J connectivity index is 0.000000606. The molecule has 2 rings (SSSR count). The van der Waals surface area contributed by atoms with Crippen LogP contribution < -0.4 is 0 Å². The van der Waals surface area contributed by atoms with Gasteiger partial charge in [-0.25, -0.2) is 0 Å². The fourth-order valence-electron chi connectivity index (χ4n) is 1.63. The van der Waals surface area contributed by atoms with Gasteiger partial charge in [0.2, 0.25) is 0 Å². The van der Waals surface area contributed by atoms with Crippen LogP contribution in [0.1, 0.15) is 32.3 Å². The van der Waals surface area contributed by atoms with Crippen molar-refractivity contribution in [3.63, 3.8) is 0 Å². The summed E-state index contributed by atoms with van der Waals surface area (Å²) in [5, 5.41) is 0. The maximum Gasteiger partial charge on any atom is 0.0813 e. The molecule has 1 aromatic rings. The van der Waals surface area contributed by atoms with Crippen LogP contribution in [0.3, 0.4) is 0 Å². The Bertz CT molecular complexity index is 253. The van der Waals surface area contributed by atoms with Crippen LogP contribution in [0.4, 0.5) is 0 Å². The zero-order chi connectivity index (χ0) is 11.6. The lowest BCUT2D eigenvalue weighted by molar-refractivity contribution is -0.0568. The second-order valence-corrected chi connectivity index (χ2v) is 3.64. The first-order valence-electron chi connectivity index (χ1n) is 6.18. The van der Waals surface area contributed by atoms with Crippen LogP contribution >= 0.6 is 0 Å². The Kier molecular flexibility index (Phi) is 6.86. The normalized spacial score (nSPS) is 19.8. The number of rotatable bonds is 3. The molecule has 1 unspecified atom stereocenters. The van der Waals surface area contributed by atoms with Crippen molar-refractivity contribution >= 4 is 0 Å². The quantitative estimate of drug-likeness (QED) is 0.780. The van der Waals surface area contributed by atoms with E-state index < -0.39 is 0 Å². The molecule has 90 valence electrons. The van der Waals surface area contributed by atoms with Crippen LogP contribution in [-0.4, -0.2) is 19.3 Å². The maximum absolute atomic E-state index is 5.74. The fourth-order valence-corrected chi connectivity index (χ4v) is 1.63. The van der Waals surface area contributed by atoms with Gasteiger partial charge in [-0.2, -0.15) is 0 Å². The predicted molar refractivity (Wildman–Crippen MR) is 66.4 cm³/mol. The number of benzene rings is 1. The zero-order valence-corrected chi connectivity index (χ0v) is 10.3. The van der Waals surface area contributed by atoms with Crippen molar-refractivity contribution in [3.05, 3.63) is 35.9 Å². The number of ether oxygens (including phenoxy) is 2. The van der Waals surface area contributed by atoms with Crippen LogP contribution in [0, 0.1) is 0 Å². The summed E-state index contributed by atoms with van der Waals surface area (Å²) in [4.78, 5) is 0. The minimum Gasteiger partial charge on any atom is -0.379 e. The number of hydrogen-bond donors (Lipinski definition) is 0. The molecule has 0 radical (unpaired) electrons. The highest BCUT2D eigenvalue weighted by Gasteiger charge is 2.13. The lowest BCUT2D eigenvalue weighted by Crippen LogP contribution is -2.25. The summed E-state index contributed by atoms with van der Waals surface area (Å²) in [7, 11) is 0. The summed E-state index contributed by atoms with van der Waals surface area (Å²) >= 11 is 0. The van der Waals surface area contributed by atoms with Gasteiger partial charge in [0.25, 0.3) is 0 Å². The van der Waals surface area contributed by atoms with Crippen LogP contribution in [0.2, 0.25) is 0 Å². The molecule has 1 aromatic carbocycles. The fraction of sp³-hybridized carbons (Fsp3) is 0.571. The van der Waals surface area contributed by atoms with E-state index in [4.69, 9.17) is 9.47 Å². The van der Waals surface area contributed by atoms with E-state index in [1.165, 1.54) is 5.56 Å². The van der Waals surface area contributed by atoms with Gasteiger partial charge in [0.1, 0.15) is 0 Å². The Morgan fingerprint density at radius 3 is 2.62 bits per heavy atom. The van der Waals surface area contributed by atoms with Crippen LogP contribution in [0.25, 0.3) is 0 Å². The van der Waals surface area contributed by atoms with Gasteiger partial charge in [-0.1, -0.05) is 44.2 Å². The first-order valence-corrected chi connectivity index (χ1v) is 6.18. The molecule has 1 atom stereocenters. The summed E-state index contributed by atoms with van der Waals surface area (Å²) in [5.41, 5.74) is 1.23. The minimum absolute atomic E-state index is 0.295. The van der Waals surface area contributed by atoms with Gasteiger partial charge >= 0.3 is 0 Å². The van der Waals surface area contributed by atoms with E-state index in [1.54, 1.807) is 0 Å². The monoisotopic (exact) mass is 222 g/mol. The van der Waals surface area contributed by atoms with Gasteiger partial charge < -0.3 is 9.47 Å². The molecule has 0 N–H and O–H groups in total. The molecule has 0 spiro atoms. The summed E-state index contributed by atoms with van der Waals surface area (Å²) in [6.45, 7) is 6.35. The Morgan fingerprint density at radius 1 is 1.25 bits per heavy atom. The van der Waals surface area contributed by atoms with Gasteiger partial charge in [0.15, 0.2) is 0 Å². The van der Waals surface area contributed by atoms with Gasteiger partial charge in [0, 0.05) is 6.61 Å². The van der Waals surface area contributed by atoms with E-state index in [2.05, 4.69) is 12.1 Å². The molecule has 1 aliphatic heterocycles. The smallest absolute Gasteiger partial charge is 0.0813 e. The van der Waals surface area contributed by atoms with E-state index in [9.17, 15) is 0 Å². The van der Waals surface area contributed by atoms with Crippen molar-refractivity contribution < 1.29 is 9.47 Å². The highest BCUT2D eigenvalue weighted by Crippen LogP contribution is 2.12. The average Bonchev–Trinajstić information content (AvgIpc) is 2.41. The molecule has 1 saturated heterocycles. The molecular weight excluding hydrogens is 200 g/mol. The summed E-state index contributed by atoms with van der Waals surface area (Å²) < 4.78 is 11.1. The third-order valence-corrected chi connectivity index (χ3v) is 2.45. The van der Waals surface area contributed by atoms with E-state index in [0.29, 0.717) is 12.7 Å². The number of hydrogen-bond acceptors (Lipinski definition) is 2. The second-order valence-electron chi connectivity index (χ2n) is 3.64.